The molecule has 0 aliphatic carbocycles. The molecule has 0 unspecified atom stereocenters. The highest BCUT2D eigenvalue weighted by Crippen LogP contribution is 2.16. The number of nitrogens with zero attached hydrogens (tertiary/aromatic N) is 3. The molecule has 1 N–H and O–H groups in total. The van der Waals surface area contributed by atoms with E-state index >= 15 is 0 Å². The van der Waals surface area contributed by atoms with Gasteiger partial charge in [-0.3, -0.25) is 4.79 Å². The molecule has 0 atom stereocenters. The lowest BCUT2D eigenvalue weighted by atomic mass is 10.1. The molecule has 3 rings (SSSR count). The normalized spacial score (nSPS) is 10.4. The molecule has 0 saturated carbocycles. The predicted molar refractivity (Wildman–Crippen MR) is 104 cm³/mol. The minimum atomic E-state index is -0.216. The van der Waals surface area contributed by atoms with Gasteiger partial charge in [0.1, 0.15) is 11.6 Å². The van der Waals surface area contributed by atoms with Crippen molar-refractivity contribution in [2.24, 2.45) is 0 Å². The van der Waals surface area contributed by atoms with Crippen LogP contribution in [0.5, 0.6) is 0 Å². The Labute approximate surface area is 157 Å². The lowest BCUT2D eigenvalue weighted by molar-refractivity contribution is 0.0982. The average Bonchev–Trinajstić information content (AvgIpc) is 2.71. The van der Waals surface area contributed by atoms with Crippen molar-refractivity contribution in [3.63, 3.8) is 0 Å². The van der Waals surface area contributed by atoms with Gasteiger partial charge in [0.15, 0.2) is 5.69 Å². The topological polar surface area (TPSA) is 58.1 Å². The van der Waals surface area contributed by atoms with Crippen molar-refractivity contribution in [2.45, 2.75) is 13.3 Å². The average molecular weight is 364 g/mol. The Morgan fingerprint density at radius 1 is 1.00 bits per heavy atom. The summed E-state index contributed by atoms with van der Waals surface area (Å²) in [5.74, 6) is 0.131. The maximum absolute atomic E-state index is 13.6. The van der Waals surface area contributed by atoms with E-state index in [1.807, 2.05) is 43.3 Å². The molecule has 0 fully saturated rings. The Hall–Kier alpha value is -3.28. The van der Waals surface area contributed by atoms with E-state index in [1.165, 1.54) is 6.07 Å². The number of para-hydroxylation sites is 1. The van der Waals surface area contributed by atoms with E-state index in [4.69, 9.17) is 0 Å². The largest absolute Gasteiger partial charge is 0.368 e. The molecule has 138 valence electrons. The fourth-order valence-corrected chi connectivity index (χ4v) is 2.76. The Morgan fingerprint density at radius 3 is 2.41 bits per heavy atom. The van der Waals surface area contributed by atoms with Crippen molar-refractivity contribution < 1.29 is 9.18 Å². The van der Waals surface area contributed by atoms with Crippen LogP contribution in [0.4, 0.5) is 15.9 Å². The quantitative estimate of drug-likeness (QED) is 0.690. The van der Waals surface area contributed by atoms with Crippen molar-refractivity contribution in [3.8, 4) is 0 Å². The molecule has 2 aromatic carbocycles. The van der Waals surface area contributed by atoms with Gasteiger partial charge in [-0.2, -0.15) is 0 Å². The van der Waals surface area contributed by atoms with E-state index in [0.29, 0.717) is 30.9 Å². The third kappa shape index (κ3) is 4.67. The third-order valence-corrected chi connectivity index (χ3v) is 4.17. The molecule has 3 aromatic rings. The van der Waals surface area contributed by atoms with Crippen LogP contribution in [-0.4, -0.2) is 29.2 Å². The van der Waals surface area contributed by atoms with E-state index < -0.39 is 0 Å². The van der Waals surface area contributed by atoms with E-state index in [-0.39, 0.29) is 17.4 Å². The van der Waals surface area contributed by atoms with Crippen LogP contribution in [0.25, 0.3) is 0 Å². The van der Waals surface area contributed by atoms with Gasteiger partial charge in [0, 0.05) is 18.8 Å². The molecule has 0 saturated heterocycles. The van der Waals surface area contributed by atoms with Crippen molar-refractivity contribution >= 4 is 17.4 Å². The SMILES string of the molecule is CCN(C(=O)c1ccc(NCCc2ccccc2F)nn1)c1ccccc1. The van der Waals surface area contributed by atoms with Crippen molar-refractivity contribution in [1.82, 2.24) is 10.2 Å². The second-order valence-electron chi connectivity index (χ2n) is 5.96. The first-order valence-electron chi connectivity index (χ1n) is 8.87. The predicted octanol–water partition coefficient (Wildman–Crippen LogP) is 3.94. The number of carbonyl (C=O) groups excluding carboxylic acids is 1. The molecule has 1 amide bonds. The molecule has 1 aromatic heterocycles. The highest BCUT2D eigenvalue weighted by atomic mass is 19.1. The summed E-state index contributed by atoms with van der Waals surface area (Å²) in [5.41, 5.74) is 1.74. The first-order valence-corrected chi connectivity index (χ1v) is 8.87. The van der Waals surface area contributed by atoms with Gasteiger partial charge in [0.25, 0.3) is 5.91 Å². The van der Waals surface area contributed by atoms with Gasteiger partial charge in [-0.05, 0) is 49.2 Å². The number of nitrogens with one attached hydrogen (secondary N) is 1. The molecule has 27 heavy (non-hydrogen) atoms. The number of carbonyl (C=O) groups is 1. The van der Waals surface area contributed by atoms with Gasteiger partial charge in [0.05, 0.1) is 0 Å². The Kier molecular flexibility index (Phi) is 6.10. The van der Waals surface area contributed by atoms with Crippen LogP contribution in [0.15, 0.2) is 66.7 Å². The zero-order chi connectivity index (χ0) is 19.1. The zero-order valence-electron chi connectivity index (χ0n) is 15.1. The highest BCUT2D eigenvalue weighted by Gasteiger charge is 2.17. The second kappa shape index (κ2) is 8.89. The molecule has 0 aliphatic rings. The van der Waals surface area contributed by atoms with Crippen LogP contribution >= 0.6 is 0 Å². The van der Waals surface area contributed by atoms with Gasteiger partial charge in [-0.25, -0.2) is 4.39 Å². The van der Waals surface area contributed by atoms with E-state index in [0.717, 1.165) is 5.69 Å². The molecule has 0 aliphatic heterocycles. The lowest BCUT2D eigenvalue weighted by Crippen LogP contribution is -2.31. The lowest BCUT2D eigenvalue weighted by Gasteiger charge is -2.20. The summed E-state index contributed by atoms with van der Waals surface area (Å²) >= 11 is 0. The second-order valence-corrected chi connectivity index (χ2v) is 5.96. The summed E-state index contributed by atoms with van der Waals surface area (Å²) in [6.45, 7) is 2.97. The number of benzene rings is 2. The van der Waals surface area contributed by atoms with E-state index in [2.05, 4.69) is 15.5 Å². The fraction of sp³-hybridized carbons (Fsp3) is 0.190. The summed E-state index contributed by atoms with van der Waals surface area (Å²) in [6.07, 6.45) is 0.534. The van der Waals surface area contributed by atoms with Crippen LogP contribution in [-0.2, 0) is 6.42 Å². The summed E-state index contributed by atoms with van der Waals surface area (Å²) in [5, 5.41) is 11.2. The first kappa shape index (κ1) is 18.5. The van der Waals surface area contributed by atoms with Crippen LogP contribution in [0, 0.1) is 5.82 Å². The number of amides is 1. The summed E-state index contributed by atoms with van der Waals surface area (Å²) in [7, 11) is 0. The molecule has 0 spiro atoms. The first-order chi connectivity index (χ1) is 13.2. The standard InChI is InChI=1S/C21H21FN4O/c1-2-26(17-9-4-3-5-10-17)21(27)19-12-13-20(25-24-19)23-15-14-16-8-6-7-11-18(16)22/h3-13H,2,14-15H2,1H3,(H,23,25). The highest BCUT2D eigenvalue weighted by molar-refractivity contribution is 6.04. The smallest absolute Gasteiger partial charge is 0.278 e. The Balaban J connectivity index is 1.61. The van der Waals surface area contributed by atoms with Gasteiger partial charge >= 0.3 is 0 Å². The van der Waals surface area contributed by atoms with Crippen LogP contribution in [0.2, 0.25) is 0 Å². The number of hydrogen-bond acceptors (Lipinski definition) is 4. The molecule has 0 bridgehead atoms. The molecule has 0 radical (unpaired) electrons. The maximum Gasteiger partial charge on any atom is 0.278 e. The minimum absolute atomic E-state index is 0.200. The maximum atomic E-state index is 13.6. The zero-order valence-corrected chi connectivity index (χ0v) is 15.1. The van der Waals surface area contributed by atoms with Gasteiger partial charge in [0.2, 0.25) is 0 Å². The molecular weight excluding hydrogens is 343 g/mol. The summed E-state index contributed by atoms with van der Waals surface area (Å²) < 4.78 is 13.6. The van der Waals surface area contributed by atoms with Crippen molar-refractivity contribution in [3.05, 3.63) is 83.8 Å². The summed E-state index contributed by atoms with van der Waals surface area (Å²) in [6, 6.07) is 19.5. The van der Waals surface area contributed by atoms with Gasteiger partial charge < -0.3 is 10.2 Å². The number of aromatic nitrogens is 2. The molecular formula is C21H21FN4O. The van der Waals surface area contributed by atoms with E-state index in [9.17, 15) is 9.18 Å². The van der Waals surface area contributed by atoms with Crippen LogP contribution < -0.4 is 10.2 Å². The van der Waals surface area contributed by atoms with E-state index in [1.54, 1.807) is 29.2 Å². The summed E-state index contributed by atoms with van der Waals surface area (Å²) in [4.78, 5) is 14.3. The molecule has 5 nitrogen and oxygen atoms in total. The third-order valence-electron chi connectivity index (χ3n) is 4.17. The van der Waals surface area contributed by atoms with Gasteiger partial charge in [-0.15, -0.1) is 10.2 Å². The van der Waals surface area contributed by atoms with Crippen molar-refractivity contribution in [1.29, 1.82) is 0 Å². The van der Waals surface area contributed by atoms with Crippen LogP contribution in [0.3, 0.4) is 0 Å². The Bertz CT molecular complexity index is 884. The molecule has 6 heteroatoms. The Morgan fingerprint density at radius 2 is 1.74 bits per heavy atom. The number of hydrogen-bond donors (Lipinski definition) is 1. The number of halogens is 1. The number of rotatable bonds is 7. The van der Waals surface area contributed by atoms with Crippen LogP contribution in [0.1, 0.15) is 23.0 Å². The van der Waals surface area contributed by atoms with Gasteiger partial charge in [-0.1, -0.05) is 36.4 Å². The molecule has 1 heterocycles. The van der Waals surface area contributed by atoms with Crippen molar-refractivity contribution in [2.75, 3.05) is 23.3 Å². The minimum Gasteiger partial charge on any atom is -0.368 e. The fourth-order valence-electron chi connectivity index (χ4n) is 2.76. The number of anilines is 2. The monoisotopic (exact) mass is 364 g/mol.